The van der Waals surface area contributed by atoms with E-state index in [1.54, 1.807) is 6.07 Å². The first kappa shape index (κ1) is 14.2. The van der Waals surface area contributed by atoms with Gasteiger partial charge in [-0.1, -0.05) is 6.07 Å². The van der Waals surface area contributed by atoms with Gasteiger partial charge in [-0.3, -0.25) is 5.10 Å². The number of methoxy groups -OCH3 is 1. The van der Waals surface area contributed by atoms with Crippen LogP contribution in [-0.4, -0.2) is 17.3 Å². The van der Waals surface area contributed by atoms with E-state index in [0.717, 1.165) is 17.3 Å². The maximum atomic E-state index is 12.4. The van der Waals surface area contributed by atoms with E-state index in [1.165, 1.54) is 7.11 Å². The Bertz CT molecular complexity index is 593. The van der Waals surface area contributed by atoms with Gasteiger partial charge in [0.05, 0.1) is 25.0 Å². The lowest BCUT2D eigenvalue weighted by Crippen LogP contribution is -2.05. The van der Waals surface area contributed by atoms with Gasteiger partial charge >= 0.3 is 6.18 Å². The van der Waals surface area contributed by atoms with Crippen LogP contribution in [0.3, 0.4) is 0 Å². The molecule has 0 aliphatic carbocycles. The zero-order valence-corrected chi connectivity index (χ0v) is 11.0. The molecule has 0 radical (unpaired) electrons. The fraction of sp³-hybridized carbons (Fsp3) is 0.308. The third-order valence-electron chi connectivity index (χ3n) is 2.75. The number of aromatic amines is 1. The number of halogens is 3. The van der Waals surface area contributed by atoms with Gasteiger partial charge < -0.3 is 10.1 Å². The van der Waals surface area contributed by atoms with Crippen LogP contribution in [0.1, 0.15) is 17.0 Å². The Balaban J connectivity index is 2.09. The second-order valence-corrected chi connectivity index (χ2v) is 4.33. The number of aryl methyl sites for hydroxylation is 1. The van der Waals surface area contributed by atoms with Gasteiger partial charge in [0.25, 0.3) is 0 Å². The number of rotatable bonds is 4. The molecule has 1 aromatic heterocycles. The summed E-state index contributed by atoms with van der Waals surface area (Å²) in [4.78, 5) is 0. The lowest BCUT2D eigenvalue weighted by molar-refractivity contribution is -0.141. The maximum absolute atomic E-state index is 12.4. The van der Waals surface area contributed by atoms with Crippen LogP contribution in [0.25, 0.3) is 0 Å². The number of hydrogen-bond acceptors (Lipinski definition) is 3. The van der Waals surface area contributed by atoms with Crippen LogP contribution in [0.5, 0.6) is 5.75 Å². The van der Waals surface area contributed by atoms with Crippen LogP contribution in [0, 0.1) is 6.92 Å². The average Bonchev–Trinajstić information content (AvgIpc) is 2.85. The van der Waals surface area contributed by atoms with Crippen LogP contribution >= 0.6 is 0 Å². The number of anilines is 1. The predicted molar refractivity (Wildman–Crippen MR) is 68.6 cm³/mol. The van der Waals surface area contributed by atoms with Crippen LogP contribution < -0.4 is 10.1 Å². The van der Waals surface area contributed by atoms with Crippen molar-refractivity contribution in [3.8, 4) is 5.75 Å². The smallest absolute Gasteiger partial charge is 0.435 e. The van der Waals surface area contributed by atoms with E-state index in [-0.39, 0.29) is 6.54 Å². The summed E-state index contributed by atoms with van der Waals surface area (Å²) in [5, 5.41) is 8.62. The van der Waals surface area contributed by atoms with Gasteiger partial charge in [0.2, 0.25) is 0 Å². The van der Waals surface area contributed by atoms with Gasteiger partial charge in [0.15, 0.2) is 5.69 Å². The van der Waals surface area contributed by atoms with Gasteiger partial charge in [-0.25, -0.2) is 0 Å². The van der Waals surface area contributed by atoms with E-state index in [2.05, 4.69) is 15.5 Å². The highest BCUT2D eigenvalue weighted by Gasteiger charge is 2.33. The van der Waals surface area contributed by atoms with Gasteiger partial charge in [0, 0.05) is 0 Å². The molecule has 1 aromatic carbocycles. The first-order valence-corrected chi connectivity index (χ1v) is 5.90. The second kappa shape index (κ2) is 5.44. The Labute approximate surface area is 114 Å². The number of ether oxygens (including phenoxy) is 1. The Morgan fingerprint density at radius 3 is 2.65 bits per heavy atom. The van der Waals surface area contributed by atoms with E-state index in [0.29, 0.717) is 11.4 Å². The summed E-state index contributed by atoms with van der Waals surface area (Å²) in [6, 6.07) is 6.53. The normalized spacial score (nSPS) is 11.4. The van der Waals surface area contributed by atoms with Crippen molar-refractivity contribution in [2.45, 2.75) is 19.6 Å². The zero-order chi connectivity index (χ0) is 14.8. The largest absolute Gasteiger partial charge is 0.495 e. The fourth-order valence-electron chi connectivity index (χ4n) is 1.75. The van der Waals surface area contributed by atoms with E-state index >= 15 is 0 Å². The average molecular weight is 285 g/mol. The molecule has 2 aromatic rings. The molecular weight excluding hydrogens is 271 g/mol. The lowest BCUT2D eigenvalue weighted by atomic mass is 10.2. The van der Waals surface area contributed by atoms with Gasteiger partial charge in [-0.05, 0) is 30.7 Å². The molecule has 1 heterocycles. The minimum absolute atomic E-state index is 0.197. The molecule has 0 bridgehead atoms. The molecule has 0 fully saturated rings. The molecular formula is C13H14F3N3O. The molecule has 0 amide bonds. The predicted octanol–water partition coefficient (Wildman–Crippen LogP) is 3.36. The van der Waals surface area contributed by atoms with Crippen LogP contribution in [-0.2, 0) is 12.7 Å². The molecule has 0 aliphatic rings. The lowest BCUT2D eigenvalue weighted by Gasteiger charge is -2.11. The minimum Gasteiger partial charge on any atom is -0.495 e. The Hall–Kier alpha value is -2.18. The van der Waals surface area contributed by atoms with Gasteiger partial charge in [-0.2, -0.15) is 18.3 Å². The SMILES string of the molecule is COc1ccc(C)cc1NCc1cc(C(F)(F)F)n[nH]1. The van der Waals surface area contributed by atoms with Crippen molar-refractivity contribution in [1.29, 1.82) is 0 Å². The molecule has 2 N–H and O–H groups in total. The van der Waals surface area contributed by atoms with Crippen LogP contribution in [0.4, 0.5) is 18.9 Å². The van der Waals surface area contributed by atoms with Crippen molar-refractivity contribution in [3.05, 3.63) is 41.2 Å². The van der Waals surface area contributed by atoms with Crippen molar-refractivity contribution < 1.29 is 17.9 Å². The standard InChI is InChI=1S/C13H14F3N3O/c1-8-3-4-11(20-2)10(5-8)17-7-9-6-12(19-18-9)13(14,15)16/h3-6,17H,7H2,1-2H3,(H,18,19). The number of aromatic nitrogens is 2. The molecule has 2 rings (SSSR count). The zero-order valence-electron chi connectivity index (χ0n) is 11.0. The molecule has 4 nitrogen and oxygen atoms in total. The van der Waals surface area contributed by atoms with Crippen molar-refractivity contribution in [3.63, 3.8) is 0 Å². The molecule has 0 spiro atoms. The second-order valence-electron chi connectivity index (χ2n) is 4.33. The highest BCUT2D eigenvalue weighted by atomic mass is 19.4. The van der Waals surface area contributed by atoms with E-state index in [1.807, 2.05) is 19.1 Å². The Morgan fingerprint density at radius 2 is 2.05 bits per heavy atom. The summed E-state index contributed by atoms with van der Waals surface area (Å²) < 4.78 is 42.4. The molecule has 0 saturated carbocycles. The van der Waals surface area contributed by atoms with Crippen molar-refractivity contribution in [2.24, 2.45) is 0 Å². The highest BCUT2D eigenvalue weighted by molar-refractivity contribution is 5.58. The summed E-state index contributed by atoms with van der Waals surface area (Å²) in [5.41, 5.74) is 1.16. The molecule has 0 saturated heterocycles. The van der Waals surface area contributed by atoms with Gasteiger partial charge in [0.1, 0.15) is 5.75 Å². The fourth-order valence-corrected chi connectivity index (χ4v) is 1.75. The van der Waals surface area contributed by atoms with Crippen molar-refractivity contribution in [2.75, 3.05) is 12.4 Å². The third-order valence-corrected chi connectivity index (χ3v) is 2.75. The van der Waals surface area contributed by atoms with E-state index in [9.17, 15) is 13.2 Å². The summed E-state index contributed by atoms with van der Waals surface area (Å²) in [5.74, 6) is 0.631. The first-order chi connectivity index (χ1) is 9.40. The van der Waals surface area contributed by atoms with E-state index < -0.39 is 11.9 Å². The number of hydrogen-bond donors (Lipinski definition) is 2. The quantitative estimate of drug-likeness (QED) is 0.905. The highest BCUT2D eigenvalue weighted by Crippen LogP contribution is 2.28. The number of alkyl halides is 3. The molecule has 0 unspecified atom stereocenters. The Kier molecular flexibility index (Phi) is 3.87. The molecule has 7 heteroatoms. The van der Waals surface area contributed by atoms with E-state index in [4.69, 9.17) is 4.74 Å². The number of nitrogens with one attached hydrogen (secondary N) is 2. The molecule has 0 aliphatic heterocycles. The van der Waals surface area contributed by atoms with Crippen LogP contribution in [0.15, 0.2) is 24.3 Å². The molecule has 20 heavy (non-hydrogen) atoms. The minimum atomic E-state index is -4.43. The van der Waals surface area contributed by atoms with Crippen LogP contribution in [0.2, 0.25) is 0 Å². The summed E-state index contributed by atoms with van der Waals surface area (Å²) in [7, 11) is 1.54. The number of nitrogens with zero attached hydrogens (tertiary/aromatic N) is 1. The van der Waals surface area contributed by atoms with Gasteiger partial charge in [-0.15, -0.1) is 0 Å². The van der Waals surface area contributed by atoms with Crippen molar-refractivity contribution in [1.82, 2.24) is 10.2 Å². The Morgan fingerprint density at radius 1 is 1.30 bits per heavy atom. The number of benzene rings is 1. The molecule has 108 valence electrons. The first-order valence-electron chi connectivity index (χ1n) is 5.90. The topological polar surface area (TPSA) is 49.9 Å². The summed E-state index contributed by atoms with van der Waals surface area (Å²) in [6.45, 7) is 2.12. The maximum Gasteiger partial charge on any atom is 0.435 e. The van der Waals surface area contributed by atoms with Crippen molar-refractivity contribution >= 4 is 5.69 Å². The molecule has 0 atom stereocenters. The monoisotopic (exact) mass is 285 g/mol. The number of H-pyrrole nitrogens is 1. The third kappa shape index (κ3) is 3.23. The summed E-state index contributed by atoms with van der Waals surface area (Å²) >= 11 is 0. The summed E-state index contributed by atoms with van der Waals surface area (Å²) in [6.07, 6.45) is -4.43.